The van der Waals surface area contributed by atoms with Crippen LogP contribution >= 0.6 is 0 Å². The van der Waals surface area contributed by atoms with Gasteiger partial charge in [0.05, 0.1) is 10.6 Å². The molecule has 1 atom stereocenters. The lowest BCUT2D eigenvalue weighted by molar-refractivity contribution is 0.0938. The molecule has 0 fully saturated rings. The number of anilines is 1. The summed E-state index contributed by atoms with van der Waals surface area (Å²) in [5.41, 5.74) is 3.65. The average Bonchev–Trinajstić information content (AvgIpc) is 2.74. The molecule has 0 bridgehead atoms. The summed E-state index contributed by atoms with van der Waals surface area (Å²) in [4.78, 5) is 13.0. The van der Waals surface area contributed by atoms with Crippen LogP contribution in [0.2, 0.25) is 0 Å². The van der Waals surface area contributed by atoms with Crippen molar-refractivity contribution in [2.24, 2.45) is 0 Å². The van der Waals surface area contributed by atoms with Crippen LogP contribution in [0.5, 0.6) is 0 Å². The van der Waals surface area contributed by atoms with Gasteiger partial charge in [-0.2, -0.15) is 0 Å². The van der Waals surface area contributed by atoms with Crippen molar-refractivity contribution in [3.05, 3.63) is 95.1 Å². The number of aryl methyl sites for hydroxylation is 2. The first-order valence-electron chi connectivity index (χ1n) is 10.3. The van der Waals surface area contributed by atoms with E-state index in [2.05, 4.69) is 22.2 Å². The molecular formula is C25H28N2O3S. The number of amides is 1. The maximum Gasteiger partial charge on any atom is 0.261 e. The number of rotatable bonds is 8. The zero-order chi connectivity index (χ0) is 22.4. The number of carbonyl (C=O) groups is 1. The number of hydrogen-bond donors (Lipinski definition) is 2. The Labute approximate surface area is 184 Å². The first-order valence-corrected chi connectivity index (χ1v) is 11.8. The fraction of sp³-hybridized carbons (Fsp3) is 0.240. The van der Waals surface area contributed by atoms with Gasteiger partial charge in [-0.1, -0.05) is 54.1 Å². The van der Waals surface area contributed by atoms with E-state index >= 15 is 0 Å². The molecule has 0 unspecified atom stereocenters. The van der Waals surface area contributed by atoms with Gasteiger partial charge < -0.3 is 5.32 Å². The quantitative estimate of drug-likeness (QED) is 0.530. The molecule has 1 amide bonds. The van der Waals surface area contributed by atoms with Crippen molar-refractivity contribution in [3.63, 3.8) is 0 Å². The normalized spacial score (nSPS) is 12.2. The molecule has 0 radical (unpaired) electrons. The van der Waals surface area contributed by atoms with E-state index in [-0.39, 0.29) is 16.8 Å². The maximum absolute atomic E-state index is 12.8. The highest BCUT2D eigenvalue weighted by atomic mass is 32.2. The minimum absolute atomic E-state index is 0.0139. The lowest BCUT2D eigenvalue weighted by atomic mass is 10.0. The first-order chi connectivity index (χ1) is 14.8. The van der Waals surface area contributed by atoms with Crippen LogP contribution in [-0.4, -0.2) is 20.4 Å². The largest absolute Gasteiger partial charge is 0.350 e. The highest BCUT2D eigenvalue weighted by Crippen LogP contribution is 2.23. The maximum atomic E-state index is 12.8. The van der Waals surface area contributed by atoms with E-state index in [0.29, 0.717) is 16.8 Å². The van der Waals surface area contributed by atoms with Crippen molar-refractivity contribution < 1.29 is 13.2 Å². The Balaban J connectivity index is 1.69. The summed E-state index contributed by atoms with van der Waals surface area (Å²) in [5.74, 6) is -0.213. The second kappa shape index (κ2) is 9.79. The van der Waals surface area contributed by atoms with Crippen molar-refractivity contribution in [3.8, 4) is 0 Å². The number of benzene rings is 3. The Bertz CT molecular complexity index is 1140. The van der Waals surface area contributed by atoms with Gasteiger partial charge in [0.1, 0.15) is 0 Å². The van der Waals surface area contributed by atoms with Gasteiger partial charge in [0.2, 0.25) is 0 Å². The Hall–Kier alpha value is -3.12. The monoisotopic (exact) mass is 436 g/mol. The van der Waals surface area contributed by atoms with Crippen LogP contribution in [0.25, 0.3) is 0 Å². The minimum atomic E-state index is -3.74. The molecule has 0 aliphatic heterocycles. The van der Waals surface area contributed by atoms with Crippen LogP contribution in [0.1, 0.15) is 40.4 Å². The zero-order valence-corrected chi connectivity index (χ0v) is 18.9. The van der Waals surface area contributed by atoms with E-state index in [0.717, 1.165) is 18.4 Å². The van der Waals surface area contributed by atoms with E-state index in [1.807, 2.05) is 32.0 Å². The van der Waals surface area contributed by atoms with Crippen LogP contribution in [0.4, 0.5) is 5.69 Å². The van der Waals surface area contributed by atoms with Gasteiger partial charge in [0, 0.05) is 11.6 Å². The Morgan fingerprint density at radius 3 is 2.26 bits per heavy atom. The molecule has 0 aliphatic carbocycles. The molecule has 2 N–H and O–H groups in total. The standard InChI is InChI=1S/C25H28N2O3S/c1-18-12-16-22(17-13-18)31(29,30)27-24-11-7-10-23(20(24)3)25(28)26-19(2)14-15-21-8-5-4-6-9-21/h4-13,16-17,19,27H,14-15H2,1-3H3,(H,26,28)/t19-/m1/s1. The van der Waals surface area contributed by atoms with Gasteiger partial charge in [-0.15, -0.1) is 0 Å². The molecule has 0 aliphatic rings. The molecule has 5 nitrogen and oxygen atoms in total. The summed E-state index contributed by atoms with van der Waals surface area (Å²) < 4.78 is 28.1. The average molecular weight is 437 g/mol. The molecule has 31 heavy (non-hydrogen) atoms. The molecule has 0 heterocycles. The molecule has 6 heteroatoms. The van der Waals surface area contributed by atoms with Crippen LogP contribution in [-0.2, 0) is 16.4 Å². The minimum Gasteiger partial charge on any atom is -0.350 e. The lowest BCUT2D eigenvalue weighted by Crippen LogP contribution is -2.33. The van der Waals surface area contributed by atoms with Crippen LogP contribution in [0, 0.1) is 13.8 Å². The first kappa shape index (κ1) is 22.6. The van der Waals surface area contributed by atoms with Crippen molar-refractivity contribution >= 4 is 21.6 Å². The predicted molar refractivity (Wildman–Crippen MR) is 125 cm³/mol. The molecule has 3 rings (SSSR count). The van der Waals surface area contributed by atoms with Crippen LogP contribution in [0.3, 0.4) is 0 Å². The molecule has 0 spiro atoms. The molecular weight excluding hydrogens is 408 g/mol. The fourth-order valence-electron chi connectivity index (χ4n) is 3.31. The summed E-state index contributed by atoms with van der Waals surface area (Å²) in [5, 5.41) is 3.02. The zero-order valence-electron chi connectivity index (χ0n) is 18.1. The second-order valence-electron chi connectivity index (χ2n) is 7.80. The molecule has 162 valence electrons. The fourth-order valence-corrected chi connectivity index (χ4v) is 4.44. The third-order valence-corrected chi connectivity index (χ3v) is 6.62. The predicted octanol–water partition coefficient (Wildman–Crippen LogP) is 4.86. The lowest BCUT2D eigenvalue weighted by Gasteiger charge is -2.17. The van der Waals surface area contributed by atoms with Crippen LogP contribution < -0.4 is 10.0 Å². The molecule has 0 saturated carbocycles. The van der Waals surface area contributed by atoms with Crippen LogP contribution in [0.15, 0.2) is 77.7 Å². The summed E-state index contributed by atoms with van der Waals surface area (Å²) in [6.45, 7) is 5.62. The Kier molecular flexibility index (Phi) is 7.13. The van der Waals surface area contributed by atoms with Gasteiger partial charge in [-0.05, 0) is 69.0 Å². The summed E-state index contributed by atoms with van der Waals surface area (Å²) in [6, 6.07) is 21.8. The van der Waals surface area contributed by atoms with E-state index in [9.17, 15) is 13.2 Å². The molecule has 0 saturated heterocycles. The van der Waals surface area contributed by atoms with Crippen molar-refractivity contribution in [2.45, 2.75) is 44.6 Å². The van der Waals surface area contributed by atoms with Crippen molar-refractivity contribution in [1.82, 2.24) is 5.32 Å². The molecule has 0 aromatic heterocycles. The topological polar surface area (TPSA) is 75.3 Å². The molecule has 3 aromatic carbocycles. The van der Waals surface area contributed by atoms with Gasteiger partial charge in [0.25, 0.3) is 15.9 Å². The summed E-state index contributed by atoms with van der Waals surface area (Å²) in [7, 11) is -3.74. The van der Waals surface area contributed by atoms with E-state index in [1.54, 1.807) is 49.4 Å². The van der Waals surface area contributed by atoms with Gasteiger partial charge in [0.15, 0.2) is 0 Å². The number of carbonyl (C=O) groups excluding carboxylic acids is 1. The second-order valence-corrected chi connectivity index (χ2v) is 9.48. The van der Waals surface area contributed by atoms with E-state index < -0.39 is 10.0 Å². The smallest absolute Gasteiger partial charge is 0.261 e. The van der Waals surface area contributed by atoms with Gasteiger partial charge >= 0.3 is 0 Å². The molecule has 3 aromatic rings. The van der Waals surface area contributed by atoms with Gasteiger partial charge in [-0.25, -0.2) is 8.42 Å². The van der Waals surface area contributed by atoms with Crippen molar-refractivity contribution in [1.29, 1.82) is 0 Å². The number of hydrogen-bond acceptors (Lipinski definition) is 3. The third-order valence-electron chi connectivity index (χ3n) is 5.24. The highest BCUT2D eigenvalue weighted by molar-refractivity contribution is 7.92. The Morgan fingerprint density at radius 1 is 0.903 bits per heavy atom. The summed E-state index contributed by atoms with van der Waals surface area (Å²) >= 11 is 0. The van der Waals surface area contributed by atoms with Crippen molar-refractivity contribution in [2.75, 3.05) is 4.72 Å². The van der Waals surface area contributed by atoms with E-state index in [1.165, 1.54) is 5.56 Å². The van der Waals surface area contributed by atoms with Gasteiger partial charge in [-0.3, -0.25) is 9.52 Å². The SMILES string of the molecule is Cc1ccc(S(=O)(=O)Nc2cccc(C(=O)N[C@H](C)CCc3ccccc3)c2C)cc1. The highest BCUT2D eigenvalue weighted by Gasteiger charge is 2.18. The number of sulfonamides is 1. The summed E-state index contributed by atoms with van der Waals surface area (Å²) in [6.07, 6.45) is 1.69. The Morgan fingerprint density at radius 2 is 1.58 bits per heavy atom. The number of nitrogens with one attached hydrogen (secondary N) is 2. The van der Waals surface area contributed by atoms with E-state index in [4.69, 9.17) is 0 Å². The third kappa shape index (κ3) is 5.95.